The van der Waals surface area contributed by atoms with E-state index in [2.05, 4.69) is 4.98 Å². The molecule has 0 bridgehead atoms. The van der Waals surface area contributed by atoms with Gasteiger partial charge in [0.1, 0.15) is 23.9 Å². The van der Waals surface area contributed by atoms with Crippen molar-refractivity contribution in [3.8, 4) is 5.75 Å². The number of para-hydroxylation sites is 1. The molecule has 2 aromatic rings. The van der Waals surface area contributed by atoms with E-state index in [9.17, 15) is 4.79 Å². The highest BCUT2D eigenvalue weighted by Gasteiger charge is 2.14. The van der Waals surface area contributed by atoms with Crippen molar-refractivity contribution in [1.29, 1.82) is 0 Å². The number of hydrogen-bond donors (Lipinski definition) is 1. The maximum atomic E-state index is 11.0. The van der Waals surface area contributed by atoms with E-state index < -0.39 is 5.97 Å². The summed E-state index contributed by atoms with van der Waals surface area (Å²) in [6.07, 6.45) is 1.36. The van der Waals surface area contributed by atoms with Crippen molar-refractivity contribution in [2.24, 2.45) is 0 Å². The van der Waals surface area contributed by atoms with Crippen LogP contribution in [0, 0.1) is 6.92 Å². The Balaban J connectivity index is 2.16. The second-order valence-electron chi connectivity index (χ2n) is 4.16. The van der Waals surface area contributed by atoms with E-state index >= 15 is 0 Å². The predicted molar refractivity (Wildman–Crippen MR) is 70.4 cm³/mol. The van der Waals surface area contributed by atoms with Crippen molar-refractivity contribution in [1.82, 2.24) is 9.55 Å². The Labute approximate surface area is 111 Å². The van der Waals surface area contributed by atoms with Gasteiger partial charge in [0, 0.05) is 6.54 Å². The smallest absolute Gasteiger partial charge is 0.354 e. The summed E-state index contributed by atoms with van der Waals surface area (Å²) in [4.78, 5) is 15.1. The third-order valence-corrected chi connectivity index (χ3v) is 2.92. The lowest BCUT2D eigenvalue weighted by atomic mass is 10.2. The van der Waals surface area contributed by atoms with Crippen LogP contribution in [-0.2, 0) is 13.2 Å². The first kappa shape index (κ1) is 13.1. The van der Waals surface area contributed by atoms with Crippen molar-refractivity contribution < 1.29 is 14.6 Å². The van der Waals surface area contributed by atoms with E-state index in [1.54, 1.807) is 4.57 Å². The highest BCUT2D eigenvalue weighted by molar-refractivity contribution is 5.85. The van der Waals surface area contributed by atoms with Crippen LogP contribution in [0.25, 0.3) is 0 Å². The van der Waals surface area contributed by atoms with Crippen molar-refractivity contribution in [3.05, 3.63) is 47.5 Å². The second kappa shape index (κ2) is 5.56. The van der Waals surface area contributed by atoms with Gasteiger partial charge in [-0.2, -0.15) is 0 Å². The van der Waals surface area contributed by atoms with Crippen LogP contribution in [0.1, 0.15) is 28.8 Å². The van der Waals surface area contributed by atoms with Crippen LogP contribution in [-0.4, -0.2) is 20.6 Å². The van der Waals surface area contributed by atoms with Gasteiger partial charge >= 0.3 is 5.97 Å². The summed E-state index contributed by atoms with van der Waals surface area (Å²) in [7, 11) is 0. The first-order valence-corrected chi connectivity index (χ1v) is 6.09. The van der Waals surface area contributed by atoms with E-state index in [0.717, 1.165) is 11.3 Å². The molecule has 0 atom stereocenters. The molecule has 0 saturated heterocycles. The van der Waals surface area contributed by atoms with Gasteiger partial charge in [0.25, 0.3) is 0 Å². The molecule has 19 heavy (non-hydrogen) atoms. The Morgan fingerprint density at radius 1 is 1.42 bits per heavy atom. The van der Waals surface area contributed by atoms with Gasteiger partial charge in [0.2, 0.25) is 0 Å². The van der Waals surface area contributed by atoms with Gasteiger partial charge in [0.05, 0.1) is 6.20 Å². The molecule has 1 aromatic heterocycles. The molecule has 1 heterocycles. The molecule has 0 spiro atoms. The molecule has 0 fully saturated rings. The Bertz CT molecular complexity index is 590. The van der Waals surface area contributed by atoms with Crippen LogP contribution in [0.15, 0.2) is 30.5 Å². The summed E-state index contributed by atoms with van der Waals surface area (Å²) < 4.78 is 7.32. The average molecular weight is 260 g/mol. The Morgan fingerprint density at radius 2 is 2.16 bits per heavy atom. The summed E-state index contributed by atoms with van der Waals surface area (Å²) in [5, 5.41) is 9.04. The number of ether oxygens (including phenoxy) is 1. The molecule has 0 radical (unpaired) electrons. The zero-order valence-electron chi connectivity index (χ0n) is 11.0. The topological polar surface area (TPSA) is 64.4 Å². The van der Waals surface area contributed by atoms with Crippen LogP contribution in [0.5, 0.6) is 5.75 Å². The van der Waals surface area contributed by atoms with E-state index in [1.807, 2.05) is 38.1 Å². The quantitative estimate of drug-likeness (QED) is 0.897. The molecule has 0 unspecified atom stereocenters. The zero-order valence-corrected chi connectivity index (χ0v) is 11.0. The van der Waals surface area contributed by atoms with Crippen LogP contribution >= 0.6 is 0 Å². The van der Waals surface area contributed by atoms with Gasteiger partial charge < -0.3 is 14.4 Å². The Morgan fingerprint density at radius 3 is 2.79 bits per heavy atom. The van der Waals surface area contributed by atoms with Crippen LogP contribution < -0.4 is 4.74 Å². The van der Waals surface area contributed by atoms with Crippen LogP contribution in [0.4, 0.5) is 0 Å². The second-order valence-corrected chi connectivity index (χ2v) is 4.16. The first-order chi connectivity index (χ1) is 9.13. The average Bonchev–Trinajstić information content (AvgIpc) is 2.81. The number of hydrogen-bond acceptors (Lipinski definition) is 3. The maximum Gasteiger partial charge on any atom is 0.354 e. The van der Waals surface area contributed by atoms with Crippen molar-refractivity contribution in [2.45, 2.75) is 27.0 Å². The number of rotatable bonds is 5. The standard InChI is InChI=1S/C14H16N2O3/c1-3-16-11(14(17)18)8-15-13(16)9-19-12-7-5-4-6-10(12)2/h4-8H,3,9H2,1-2H3,(H,17,18). The van der Waals surface area contributed by atoms with Gasteiger partial charge in [0.15, 0.2) is 0 Å². The van der Waals surface area contributed by atoms with Crippen LogP contribution in [0.3, 0.4) is 0 Å². The fourth-order valence-electron chi connectivity index (χ4n) is 1.91. The molecule has 1 N–H and O–H groups in total. The molecule has 0 saturated carbocycles. The lowest BCUT2D eigenvalue weighted by Gasteiger charge is -2.10. The summed E-state index contributed by atoms with van der Waals surface area (Å²) in [5.74, 6) is 0.421. The zero-order chi connectivity index (χ0) is 13.8. The molecule has 100 valence electrons. The molecule has 1 aromatic carbocycles. The van der Waals surface area contributed by atoms with Gasteiger partial charge in [-0.15, -0.1) is 0 Å². The normalized spacial score (nSPS) is 10.4. The molecule has 0 aliphatic rings. The lowest BCUT2D eigenvalue weighted by molar-refractivity contribution is 0.0684. The van der Waals surface area contributed by atoms with Crippen molar-refractivity contribution >= 4 is 5.97 Å². The van der Waals surface area contributed by atoms with Gasteiger partial charge in [-0.3, -0.25) is 0 Å². The molecule has 0 amide bonds. The number of carbonyl (C=O) groups is 1. The summed E-state index contributed by atoms with van der Waals surface area (Å²) in [6, 6.07) is 7.69. The highest BCUT2D eigenvalue weighted by atomic mass is 16.5. The number of imidazole rings is 1. The van der Waals surface area contributed by atoms with E-state index in [0.29, 0.717) is 12.4 Å². The fraction of sp³-hybridized carbons (Fsp3) is 0.286. The number of carboxylic acid groups (broad SMARTS) is 1. The number of aromatic carboxylic acids is 1. The van der Waals surface area contributed by atoms with E-state index in [-0.39, 0.29) is 12.3 Å². The maximum absolute atomic E-state index is 11.0. The Kier molecular flexibility index (Phi) is 3.85. The van der Waals surface area contributed by atoms with Gasteiger partial charge in [-0.1, -0.05) is 18.2 Å². The number of nitrogens with zero attached hydrogens (tertiary/aromatic N) is 2. The predicted octanol–water partition coefficient (Wildman–Crippen LogP) is 2.49. The molecular weight excluding hydrogens is 244 g/mol. The molecule has 5 nitrogen and oxygen atoms in total. The third-order valence-electron chi connectivity index (χ3n) is 2.92. The molecule has 0 aliphatic carbocycles. The van der Waals surface area contributed by atoms with Gasteiger partial charge in [-0.25, -0.2) is 9.78 Å². The van der Waals surface area contributed by atoms with E-state index in [4.69, 9.17) is 9.84 Å². The number of aryl methyl sites for hydroxylation is 1. The third kappa shape index (κ3) is 2.76. The largest absolute Gasteiger partial charge is 0.485 e. The minimum absolute atomic E-state index is 0.186. The summed E-state index contributed by atoms with van der Waals surface area (Å²) >= 11 is 0. The van der Waals surface area contributed by atoms with Crippen molar-refractivity contribution in [3.63, 3.8) is 0 Å². The van der Waals surface area contributed by atoms with E-state index in [1.165, 1.54) is 6.20 Å². The summed E-state index contributed by atoms with van der Waals surface area (Å²) in [6.45, 7) is 4.65. The minimum Gasteiger partial charge on any atom is -0.485 e. The number of carboxylic acids is 1. The fourth-order valence-corrected chi connectivity index (χ4v) is 1.91. The molecule has 2 rings (SSSR count). The summed E-state index contributed by atoms with van der Waals surface area (Å²) in [5.41, 5.74) is 1.22. The minimum atomic E-state index is -0.975. The molecule has 5 heteroatoms. The van der Waals surface area contributed by atoms with Crippen LogP contribution in [0.2, 0.25) is 0 Å². The Hall–Kier alpha value is -2.30. The first-order valence-electron chi connectivity index (χ1n) is 6.09. The number of benzene rings is 1. The monoisotopic (exact) mass is 260 g/mol. The molecule has 0 aliphatic heterocycles. The lowest BCUT2D eigenvalue weighted by Crippen LogP contribution is -2.12. The van der Waals surface area contributed by atoms with Crippen molar-refractivity contribution in [2.75, 3.05) is 0 Å². The molecular formula is C14H16N2O3. The van der Waals surface area contributed by atoms with Gasteiger partial charge in [-0.05, 0) is 25.5 Å². The SMILES string of the molecule is CCn1c(C(=O)O)cnc1COc1ccccc1C. The number of aromatic nitrogens is 2. The highest BCUT2D eigenvalue weighted by Crippen LogP contribution is 2.18.